The molecule has 0 amide bonds. The molecule has 4 heteroatoms. The molecule has 0 aliphatic heterocycles. The molecular weight excluding hydrogens is 276 g/mol. The number of benzene rings is 2. The number of Topliss-reactive ketones (excluding diaryl/α,β-unsaturated/α-hetero) is 1. The number of hydrogen-bond acceptors (Lipinski definition) is 4. The second-order valence-electron chi connectivity index (χ2n) is 5.27. The lowest BCUT2D eigenvalue weighted by Gasteiger charge is -2.16. The van der Waals surface area contributed by atoms with Gasteiger partial charge < -0.3 is 10.5 Å². The van der Waals surface area contributed by atoms with Crippen LogP contribution in [0.2, 0.25) is 0 Å². The molecule has 0 saturated carbocycles. The Bertz CT molecular complexity index is 626. The van der Waals surface area contributed by atoms with Crippen molar-refractivity contribution in [3.8, 4) is 5.75 Å². The molecule has 2 aromatic carbocycles. The lowest BCUT2D eigenvalue weighted by atomic mass is 10.1. The number of likely N-dealkylation sites (N-methyl/N-ethyl adjacent to an activating group) is 1. The SMILES string of the molecule is CCOc1ccc(C(=O)CN(C)Cc2ccccc2)cc1N. The monoisotopic (exact) mass is 298 g/mol. The third-order valence-corrected chi connectivity index (χ3v) is 3.34. The highest BCUT2D eigenvalue weighted by atomic mass is 16.5. The molecule has 0 fully saturated rings. The highest BCUT2D eigenvalue weighted by Crippen LogP contribution is 2.22. The van der Waals surface area contributed by atoms with Crippen molar-refractivity contribution in [1.82, 2.24) is 4.90 Å². The van der Waals surface area contributed by atoms with Crippen molar-refractivity contribution in [2.45, 2.75) is 13.5 Å². The lowest BCUT2D eigenvalue weighted by Crippen LogP contribution is -2.25. The van der Waals surface area contributed by atoms with Crippen LogP contribution in [0.5, 0.6) is 5.75 Å². The summed E-state index contributed by atoms with van der Waals surface area (Å²) in [5.74, 6) is 0.671. The van der Waals surface area contributed by atoms with Crippen LogP contribution in [0.15, 0.2) is 48.5 Å². The maximum absolute atomic E-state index is 12.3. The van der Waals surface area contributed by atoms with Gasteiger partial charge in [0.2, 0.25) is 0 Å². The molecule has 2 N–H and O–H groups in total. The van der Waals surface area contributed by atoms with Crippen LogP contribution in [0.4, 0.5) is 5.69 Å². The lowest BCUT2D eigenvalue weighted by molar-refractivity contribution is 0.0943. The zero-order valence-corrected chi connectivity index (χ0v) is 13.1. The van der Waals surface area contributed by atoms with Crippen LogP contribution in [0.1, 0.15) is 22.8 Å². The Morgan fingerprint density at radius 1 is 1.18 bits per heavy atom. The molecule has 0 aliphatic carbocycles. The predicted octanol–water partition coefficient (Wildman–Crippen LogP) is 2.98. The molecule has 0 unspecified atom stereocenters. The Hall–Kier alpha value is -2.33. The fourth-order valence-corrected chi connectivity index (χ4v) is 2.30. The van der Waals surface area contributed by atoms with Crippen molar-refractivity contribution in [1.29, 1.82) is 0 Å². The van der Waals surface area contributed by atoms with Crippen LogP contribution in [0.3, 0.4) is 0 Å². The van der Waals surface area contributed by atoms with Crippen LogP contribution >= 0.6 is 0 Å². The smallest absolute Gasteiger partial charge is 0.176 e. The van der Waals surface area contributed by atoms with E-state index >= 15 is 0 Å². The number of anilines is 1. The Morgan fingerprint density at radius 3 is 2.55 bits per heavy atom. The largest absolute Gasteiger partial charge is 0.492 e. The van der Waals surface area contributed by atoms with E-state index in [0.29, 0.717) is 30.2 Å². The molecule has 0 heterocycles. The quantitative estimate of drug-likeness (QED) is 0.630. The van der Waals surface area contributed by atoms with E-state index < -0.39 is 0 Å². The zero-order chi connectivity index (χ0) is 15.9. The van der Waals surface area contributed by atoms with E-state index in [4.69, 9.17) is 10.5 Å². The van der Waals surface area contributed by atoms with E-state index in [0.717, 1.165) is 6.54 Å². The molecule has 116 valence electrons. The number of nitrogens with zero attached hydrogens (tertiary/aromatic N) is 1. The summed E-state index contributed by atoms with van der Waals surface area (Å²) in [7, 11) is 1.93. The molecule has 0 aliphatic rings. The van der Waals surface area contributed by atoms with Crippen molar-refractivity contribution in [2.75, 3.05) is 25.9 Å². The first-order valence-corrected chi connectivity index (χ1v) is 7.38. The number of nitrogens with two attached hydrogens (primary N) is 1. The highest BCUT2D eigenvalue weighted by molar-refractivity contribution is 5.98. The van der Waals surface area contributed by atoms with Crippen LogP contribution in [0, 0.1) is 0 Å². The van der Waals surface area contributed by atoms with Crippen molar-refractivity contribution in [2.24, 2.45) is 0 Å². The van der Waals surface area contributed by atoms with Gasteiger partial charge in [0.05, 0.1) is 18.8 Å². The summed E-state index contributed by atoms with van der Waals surface area (Å²) in [6.07, 6.45) is 0. The van der Waals surface area contributed by atoms with E-state index in [-0.39, 0.29) is 5.78 Å². The van der Waals surface area contributed by atoms with E-state index in [9.17, 15) is 4.79 Å². The topological polar surface area (TPSA) is 55.6 Å². The minimum atomic E-state index is 0.0492. The molecule has 2 rings (SSSR count). The Balaban J connectivity index is 1.98. The van der Waals surface area contributed by atoms with Crippen molar-refractivity contribution in [3.63, 3.8) is 0 Å². The summed E-state index contributed by atoms with van der Waals surface area (Å²) in [5, 5.41) is 0. The molecule has 0 bridgehead atoms. The second-order valence-corrected chi connectivity index (χ2v) is 5.27. The average molecular weight is 298 g/mol. The normalized spacial score (nSPS) is 10.7. The van der Waals surface area contributed by atoms with Gasteiger partial charge in [0, 0.05) is 12.1 Å². The van der Waals surface area contributed by atoms with E-state index in [1.807, 2.05) is 37.1 Å². The van der Waals surface area contributed by atoms with Crippen molar-refractivity contribution < 1.29 is 9.53 Å². The van der Waals surface area contributed by atoms with E-state index in [1.165, 1.54) is 5.56 Å². The van der Waals surface area contributed by atoms with Crippen LogP contribution in [-0.4, -0.2) is 30.9 Å². The first-order chi connectivity index (χ1) is 10.6. The van der Waals surface area contributed by atoms with Gasteiger partial charge in [-0.3, -0.25) is 9.69 Å². The van der Waals surface area contributed by atoms with Gasteiger partial charge in [-0.2, -0.15) is 0 Å². The average Bonchev–Trinajstić information content (AvgIpc) is 2.50. The molecule has 2 aromatic rings. The summed E-state index contributed by atoms with van der Waals surface area (Å²) in [6, 6.07) is 15.3. The first-order valence-electron chi connectivity index (χ1n) is 7.38. The van der Waals surface area contributed by atoms with E-state index in [1.54, 1.807) is 18.2 Å². The summed E-state index contributed by atoms with van der Waals surface area (Å²) in [6.45, 7) is 3.54. The Labute approximate surface area is 131 Å². The molecule has 0 aromatic heterocycles. The summed E-state index contributed by atoms with van der Waals surface area (Å²) in [4.78, 5) is 14.3. The van der Waals surface area contributed by atoms with Gasteiger partial charge in [0.25, 0.3) is 0 Å². The van der Waals surface area contributed by atoms with E-state index in [2.05, 4.69) is 12.1 Å². The third kappa shape index (κ3) is 4.33. The maximum atomic E-state index is 12.3. The summed E-state index contributed by atoms with van der Waals surface area (Å²) in [5.41, 5.74) is 8.20. The molecule has 0 radical (unpaired) electrons. The third-order valence-electron chi connectivity index (χ3n) is 3.34. The number of rotatable bonds is 7. The van der Waals surface area contributed by atoms with Gasteiger partial charge in [-0.25, -0.2) is 0 Å². The predicted molar refractivity (Wildman–Crippen MR) is 89.1 cm³/mol. The number of carbonyl (C=O) groups is 1. The standard InChI is InChI=1S/C18H22N2O2/c1-3-22-18-10-9-15(11-16(18)19)17(21)13-20(2)12-14-7-5-4-6-8-14/h4-11H,3,12-13,19H2,1-2H3. The number of carbonyl (C=O) groups excluding carboxylic acids is 1. The van der Waals surface area contributed by atoms with Gasteiger partial charge in [-0.05, 0) is 37.7 Å². The molecule has 0 atom stereocenters. The van der Waals surface area contributed by atoms with Gasteiger partial charge in [-0.1, -0.05) is 30.3 Å². The molecule has 4 nitrogen and oxygen atoms in total. The number of nitrogen functional groups attached to an aromatic ring is 1. The maximum Gasteiger partial charge on any atom is 0.176 e. The van der Waals surface area contributed by atoms with Crippen LogP contribution < -0.4 is 10.5 Å². The van der Waals surface area contributed by atoms with Crippen molar-refractivity contribution >= 4 is 11.5 Å². The summed E-state index contributed by atoms with van der Waals surface area (Å²) < 4.78 is 5.38. The first kappa shape index (κ1) is 16.0. The van der Waals surface area contributed by atoms with Crippen LogP contribution in [-0.2, 0) is 6.54 Å². The molecule has 22 heavy (non-hydrogen) atoms. The van der Waals surface area contributed by atoms with Crippen LogP contribution in [0.25, 0.3) is 0 Å². The fraction of sp³-hybridized carbons (Fsp3) is 0.278. The van der Waals surface area contributed by atoms with Gasteiger partial charge >= 0.3 is 0 Å². The number of hydrogen-bond donors (Lipinski definition) is 1. The van der Waals surface area contributed by atoms with Gasteiger partial charge in [0.15, 0.2) is 5.78 Å². The molecule has 0 saturated heterocycles. The Kier molecular flexibility index (Phi) is 5.55. The molecule has 0 spiro atoms. The number of ether oxygens (including phenoxy) is 1. The zero-order valence-electron chi connectivity index (χ0n) is 13.1. The highest BCUT2D eigenvalue weighted by Gasteiger charge is 2.11. The Morgan fingerprint density at radius 2 is 1.91 bits per heavy atom. The second kappa shape index (κ2) is 7.61. The minimum Gasteiger partial charge on any atom is -0.492 e. The van der Waals surface area contributed by atoms with Gasteiger partial charge in [-0.15, -0.1) is 0 Å². The van der Waals surface area contributed by atoms with Crippen molar-refractivity contribution in [3.05, 3.63) is 59.7 Å². The van der Waals surface area contributed by atoms with Gasteiger partial charge in [0.1, 0.15) is 5.75 Å². The fourth-order valence-electron chi connectivity index (χ4n) is 2.30. The summed E-state index contributed by atoms with van der Waals surface area (Å²) >= 11 is 0. The minimum absolute atomic E-state index is 0.0492. The molecular formula is C18H22N2O2. The number of ketones is 1.